The number of anilines is 1. The van der Waals surface area contributed by atoms with Crippen molar-refractivity contribution in [3.63, 3.8) is 0 Å². The molecule has 0 spiro atoms. The van der Waals surface area contributed by atoms with Crippen LogP contribution in [0.3, 0.4) is 0 Å². The number of aryl methyl sites for hydroxylation is 1. The van der Waals surface area contributed by atoms with E-state index in [9.17, 15) is 29.8 Å². The molecule has 0 aliphatic rings. The lowest BCUT2D eigenvalue weighted by Crippen LogP contribution is -2.30. The fourth-order valence-electron chi connectivity index (χ4n) is 2.01. The number of nitrogens with zero attached hydrogens (tertiary/aromatic N) is 3. The van der Waals surface area contributed by atoms with E-state index in [4.69, 9.17) is 0 Å². The molecule has 0 atom stereocenters. The number of carbonyl (C=O) groups is 1. The third-order valence-corrected chi connectivity index (χ3v) is 3.23. The molecule has 0 radical (unpaired) electrons. The van der Waals surface area contributed by atoms with Crippen molar-refractivity contribution in [2.45, 2.75) is 13.5 Å². The van der Waals surface area contributed by atoms with Crippen molar-refractivity contribution >= 4 is 23.0 Å². The second-order valence-electron chi connectivity index (χ2n) is 4.86. The summed E-state index contributed by atoms with van der Waals surface area (Å²) in [6.45, 7) is 1.13. The molecule has 0 fully saturated rings. The predicted molar refractivity (Wildman–Crippen MR) is 83.8 cm³/mol. The van der Waals surface area contributed by atoms with Gasteiger partial charge in [0.1, 0.15) is 6.54 Å². The number of pyridine rings is 1. The topological polar surface area (TPSA) is 137 Å². The summed E-state index contributed by atoms with van der Waals surface area (Å²) in [5, 5.41) is 23.8. The van der Waals surface area contributed by atoms with Crippen LogP contribution in [0, 0.1) is 27.2 Å². The highest BCUT2D eigenvalue weighted by atomic mass is 16.6. The fourth-order valence-corrected chi connectivity index (χ4v) is 2.01. The van der Waals surface area contributed by atoms with Crippen LogP contribution in [0.25, 0.3) is 0 Å². The molecule has 1 N–H and O–H groups in total. The number of benzene rings is 1. The van der Waals surface area contributed by atoms with Crippen molar-refractivity contribution in [2.24, 2.45) is 0 Å². The van der Waals surface area contributed by atoms with E-state index in [0.717, 1.165) is 10.6 Å². The number of non-ortho nitro benzene ring substituents is 1. The molecule has 2 rings (SSSR count). The first kappa shape index (κ1) is 16.8. The Balaban J connectivity index is 2.18. The SMILES string of the molecule is Cc1ccc([N+](=O)[O-])c(=O)n1CC(=O)Nc1ccc([N+](=O)[O-])cc1. The molecule has 0 saturated carbocycles. The van der Waals surface area contributed by atoms with Crippen molar-refractivity contribution in [2.75, 3.05) is 5.32 Å². The lowest BCUT2D eigenvalue weighted by atomic mass is 10.3. The highest BCUT2D eigenvalue weighted by Gasteiger charge is 2.17. The maximum Gasteiger partial charge on any atom is 0.334 e. The number of hydrogen-bond donors (Lipinski definition) is 1. The molecule has 124 valence electrons. The molecule has 1 heterocycles. The Morgan fingerprint density at radius 3 is 2.25 bits per heavy atom. The minimum atomic E-state index is -0.876. The Morgan fingerprint density at radius 1 is 1.08 bits per heavy atom. The van der Waals surface area contributed by atoms with Crippen LogP contribution in [-0.2, 0) is 11.3 Å². The van der Waals surface area contributed by atoms with Crippen LogP contribution >= 0.6 is 0 Å². The van der Waals surface area contributed by atoms with Crippen molar-refractivity contribution in [3.05, 3.63) is 72.7 Å². The standard InChI is InChI=1S/C14H12N4O6/c1-9-2-7-12(18(23)24)14(20)16(9)8-13(19)15-10-3-5-11(6-4-10)17(21)22/h2-7H,8H2,1H3,(H,15,19). The van der Waals surface area contributed by atoms with Gasteiger partial charge in [0.15, 0.2) is 0 Å². The van der Waals surface area contributed by atoms with Gasteiger partial charge in [0.05, 0.1) is 9.85 Å². The molecular weight excluding hydrogens is 320 g/mol. The molecular formula is C14H12N4O6. The molecule has 10 nitrogen and oxygen atoms in total. The number of rotatable bonds is 5. The number of hydrogen-bond acceptors (Lipinski definition) is 6. The smallest absolute Gasteiger partial charge is 0.325 e. The number of aromatic nitrogens is 1. The molecule has 2 aromatic rings. The van der Waals surface area contributed by atoms with Gasteiger partial charge in [0, 0.05) is 29.6 Å². The van der Waals surface area contributed by atoms with Crippen LogP contribution in [0.4, 0.5) is 17.1 Å². The first-order valence-corrected chi connectivity index (χ1v) is 6.68. The van der Waals surface area contributed by atoms with Crippen molar-refractivity contribution < 1.29 is 14.6 Å². The molecule has 0 bridgehead atoms. The lowest BCUT2D eigenvalue weighted by Gasteiger charge is -2.10. The monoisotopic (exact) mass is 332 g/mol. The first-order chi connectivity index (χ1) is 11.3. The summed E-state index contributed by atoms with van der Waals surface area (Å²) in [4.78, 5) is 44.0. The van der Waals surface area contributed by atoms with Gasteiger partial charge >= 0.3 is 11.2 Å². The van der Waals surface area contributed by atoms with E-state index in [1.807, 2.05) is 0 Å². The maximum atomic E-state index is 12.0. The Bertz CT molecular complexity index is 872. The van der Waals surface area contributed by atoms with Gasteiger partial charge in [-0.25, -0.2) is 0 Å². The molecule has 1 aromatic heterocycles. The summed E-state index contributed by atoms with van der Waals surface area (Å²) >= 11 is 0. The minimum absolute atomic E-state index is 0.126. The fraction of sp³-hybridized carbons (Fsp3) is 0.143. The van der Waals surface area contributed by atoms with Crippen LogP contribution in [0.15, 0.2) is 41.2 Å². The quantitative estimate of drug-likeness (QED) is 0.652. The number of amides is 1. The molecule has 24 heavy (non-hydrogen) atoms. The Labute approximate surface area is 134 Å². The first-order valence-electron chi connectivity index (χ1n) is 6.68. The van der Waals surface area contributed by atoms with E-state index in [0.29, 0.717) is 11.4 Å². The zero-order chi connectivity index (χ0) is 17.9. The minimum Gasteiger partial charge on any atom is -0.325 e. The summed E-state index contributed by atoms with van der Waals surface area (Å²) in [7, 11) is 0. The Hall–Kier alpha value is -3.56. The summed E-state index contributed by atoms with van der Waals surface area (Å²) in [6.07, 6.45) is 0. The van der Waals surface area contributed by atoms with Gasteiger partial charge in [-0.1, -0.05) is 0 Å². The van der Waals surface area contributed by atoms with Crippen LogP contribution in [0.2, 0.25) is 0 Å². The Morgan fingerprint density at radius 2 is 1.71 bits per heavy atom. The van der Waals surface area contributed by atoms with Crippen molar-refractivity contribution in [3.8, 4) is 0 Å². The number of nitrogens with one attached hydrogen (secondary N) is 1. The average molecular weight is 332 g/mol. The van der Waals surface area contributed by atoms with E-state index in [-0.39, 0.29) is 5.69 Å². The van der Waals surface area contributed by atoms with Crippen LogP contribution in [-0.4, -0.2) is 20.3 Å². The van der Waals surface area contributed by atoms with Gasteiger partial charge in [-0.3, -0.25) is 34.4 Å². The third-order valence-electron chi connectivity index (χ3n) is 3.23. The van der Waals surface area contributed by atoms with E-state index in [2.05, 4.69) is 5.32 Å². The second-order valence-corrected chi connectivity index (χ2v) is 4.86. The normalized spacial score (nSPS) is 10.2. The van der Waals surface area contributed by atoms with E-state index < -0.39 is 33.5 Å². The van der Waals surface area contributed by atoms with E-state index in [1.54, 1.807) is 6.92 Å². The summed E-state index contributed by atoms with van der Waals surface area (Å²) < 4.78 is 0.985. The Kier molecular flexibility index (Phi) is 4.68. The number of carbonyl (C=O) groups excluding carboxylic acids is 1. The average Bonchev–Trinajstić information content (AvgIpc) is 2.51. The second kappa shape index (κ2) is 6.69. The third kappa shape index (κ3) is 3.61. The zero-order valence-electron chi connectivity index (χ0n) is 12.5. The van der Waals surface area contributed by atoms with Crippen LogP contribution in [0.5, 0.6) is 0 Å². The van der Waals surface area contributed by atoms with Gasteiger partial charge in [-0.2, -0.15) is 0 Å². The molecule has 0 saturated heterocycles. The molecule has 1 aromatic carbocycles. The van der Waals surface area contributed by atoms with Crippen LogP contribution < -0.4 is 10.9 Å². The molecule has 0 aliphatic carbocycles. The molecule has 1 amide bonds. The summed E-state index contributed by atoms with van der Waals surface area (Å²) in [5.74, 6) is -0.588. The highest BCUT2D eigenvalue weighted by molar-refractivity contribution is 5.90. The van der Waals surface area contributed by atoms with Crippen LogP contribution in [0.1, 0.15) is 5.69 Å². The van der Waals surface area contributed by atoms with E-state index >= 15 is 0 Å². The molecule has 0 unspecified atom stereocenters. The summed E-state index contributed by atoms with van der Waals surface area (Å²) in [6, 6.07) is 7.60. The number of nitro benzene ring substituents is 1. The van der Waals surface area contributed by atoms with Gasteiger partial charge < -0.3 is 5.32 Å². The predicted octanol–water partition coefficient (Wildman–Crippen LogP) is 1.61. The summed E-state index contributed by atoms with van der Waals surface area (Å²) in [5.41, 5.74) is -0.924. The molecule has 0 aliphatic heterocycles. The highest BCUT2D eigenvalue weighted by Crippen LogP contribution is 2.15. The molecule has 10 heteroatoms. The van der Waals surface area contributed by atoms with Gasteiger partial charge in [-0.15, -0.1) is 0 Å². The van der Waals surface area contributed by atoms with Gasteiger partial charge in [-0.05, 0) is 25.1 Å². The lowest BCUT2D eigenvalue weighted by molar-refractivity contribution is -0.386. The zero-order valence-corrected chi connectivity index (χ0v) is 12.5. The largest absolute Gasteiger partial charge is 0.334 e. The number of nitro groups is 2. The van der Waals surface area contributed by atoms with E-state index in [1.165, 1.54) is 30.3 Å². The maximum absolute atomic E-state index is 12.0. The van der Waals surface area contributed by atoms with Gasteiger partial charge in [0.25, 0.3) is 5.69 Å². The van der Waals surface area contributed by atoms with Crippen molar-refractivity contribution in [1.29, 1.82) is 0 Å². The van der Waals surface area contributed by atoms with Crippen molar-refractivity contribution in [1.82, 2.24) is 4.57 Å². The van der Waals surface area contributed by atoms with Gasteiger partial charge in [0.2, 0.25) is 5.91 Å².